The predicted octanol–water partition coefficient (Wildman–Crippen LogP) is 4.07. The lowest BCUT2D eigenvalue weighted by Crippen LogP contribution is -2.36. The molecule has 0 spiro atoms. The molecule has 32 heavy (non-hydrogen) atoms. The molecular formula is C22H23BrClNO7. The Hall–Kier alpha value is -2.36. The molecule has 10 heteroatoms. The summed E-state index contributed by atoms with van der Waals surface area (Å²) in [6.07, 6.45) is 0.238. The van der Waals surface area contributed by atoms with Crippen molar-refractivity contribution < 1.29 is 33.2 Å². The number of rotatable bonds is 4. The number of esters is 1. The minimum Gasteiger partial charge on any atom is -0.493 e. The molecule has 3 aliphatic heterocycles. The summed E-state index contributed by atoms with van der Waals surface area (Å²) in [4.78, 5) is 15.1. The minimum absolute atomic E-state index is 0. The molecule has 0 saturated carbocycles. The SMILES string of the molecule is COc1ccc2c(c1OC)C(=O)O[C@@H]2[C@H]1c2c(c(Br)c3c(c2OC)OCO3)CCN1C.Cl. The molecule has 0 aromatic heterocycles. The molecule has 0 N–H and O–H groups in total. The zero-order valence-corrected chi connectivity index (χ0v) is 20.4. The molecule has 0 radical (unpaired) electrons. The van der Waals surface area contributed by atoms with Gasteiger partial charge in [0.2, 0.25) is 12.5 Å². The average molecular weight is 529 g/mol. The van der Waals surface area contributed by atoms with Crippen LogP contribution in [0.15, 0.2) is 16.6 Å². The number of carbonyl (C=O) groups excluding carboxylic acids is 1. The topological polar surface area (TPSA) is 75.7 Å². The van der Waals surface area contributed by atoms with Gasteiger partial charge in [0.05, 0.1) is 31.8 Å². The number of methoxy groups -OCH3 is 3. The van der Waals surface area contributed by atoms with E-state index in [9.17, 15) is 4.79 Å². The van der Waals surface area contributed by atoms with Gasteiger partial charge in [-0.25, -0.2) is 4.79 Å². The Bertz CT molecular complexity index is 1090. The molecule has 3 heterocycles. The first-order valence-electron chi connectivity index (χ1n) is 9.85. The number of carbonyl (C=O) groups is 1. The summed E-state index contributed by atoms with van der Waals surface area (Å²) >= 11 is 3.70. The quantitative estimate of drug-likeness (QED) is 0.550. The van der Waals surface area contributed by atoms with E-state index in [0.717, 1.165) is 34.1 Å². The maximum absolute atomic E-state index is 12.9. The van der Waals surface area contributed by atoms with E-state index >= 15 is 0 Å². The van der Waals surface area contributed by atoms with Gasteiger partial charge in [-0.1, -0.05) is 6.07 Å². The van der Waals surface area contributed by atoms with Crippen LogP contribution in [0, 0.1) is 0 Å². The van der Waals surface area contributed by atoms with Crippen molar-refractivity contribution in [2.75, 3.05) is 41.7 Å². The van der Waals surface area contributed by atoms with Crippen LogP contribution in [-0.2, 0) is 11.2 Å². The second-order valence-electron chi connectivity index (χ2n) is 7.57. The molecule has 172 valence electrons. The fraction of sp³-hybridized carbons (Fsp3) is 0.409. The van der Waals surface area contributed by atoms with Crippen molar-refractivity contribution >= 4 is 34.3 Å². The maximum atomic E-state index is 12.9. The molecule has 0 aliphatic carbocycles. The van der Waals surface area contributed by atoms with Gasteiger partial charge >= 0.3 is 5.97 Å². The van der Waals surface area contributed by atoms with Crippen molar-refractivity contribution in [3.05, 3.63) is 38.9 Å². The highest BCUT2D eigenvalue weighted by atomic mass is 79.9. The van der Waals surface area contributed by atoms with Crippen LogP contribution in [0.2, 0.25) is 0 Å². The zero-order chi connectivity index (χ0) is 21.9. The van der Waals surface area contributed by atoms with Crippen LogP contribution < -0.4 is 23.7 Å². The number of hydrogen-bond donors (Lipinski definition) is 0. The number of nitrogens with zero attached hydrogens (tertiary/aromatic N) is 1. The second-order valence-corrected chi connectivity index (χ2v) is 8.36. The van der Waals surface area contributed by atoms with Crippen molar-refractivity contribution in [3.63, 3.8) is 0 Å². The number of cyclic esters (lactones) is 1. The predicted molar refractivity (Wildman–Crippen MR) is 121 cm³/mol. The Kier molecular flexibility index (Phi) is 6.08. The van der Waals surface area contributed by atoms with Crippen LogP contribution in [-0.4, -0.2) is 52.6 Å². The fourth-order valence-electron chi connectivity index (χ4n) is 4.78. The first kappa shape index (κ1) is 22.8. The smallest absolute Gasteiger partial charge is 0.343 e. The van der Waals surface area contributed by atoms with Gasteiger partial charge in [-0.15, -0.1) is 12.4 Å². The summed E-state index contributed by atoms with van der Waals surface area (Å²) in [7, 11) is 6.68. The molecule has 5 rings (SSSR count). The maximum Gasteiger partial charge on any atom is 0.343 e. The standard InChI is InChI=1S/C22H22BrNO7.ClH/c1-24-8-7-10-13(19(28-4)21-20(15(10)23)29-9-30-21)16(24)17-11-5-6-12(26-2)18(27-3)14(11)22(25)31-17;/h5-6,16-17H,7-9H2,1-4H3;1H/t16-,17+;/m1./s1. The molecule has 0 fully saturated rings. The molecule has 8 nitrogen and oxygen atoms in total. The third-order valence-corrected chi connectivity index (χ3v) is 6.99. The van der Waals surface area contributed by atoms with E-state index in [1.807, 2.05) is 13.1 Å². The van der Waals surface area contributed by atoms with Crippen LogP contribution in [0.5, 0.6) is 28.7 Å². The molecule has 3 aliphatic rings. The van der Waals surface area contributed by atoms with E-state index in [4.69, 9.17) is 28.4 Å². The molecule has 0 saturated heterocycles. The van der Waals surface area contributed by atoms with Crippen LogP contribution in [0.4, 0.5) is 0 Å². The second kappa shape index (κ2) is 8.53. The van der Waals surface area contributed by atoms with Gasteiger partial charge in [-0.2, -0.15) is 0 Å². The Morgan fingerprint density at radius 1 is 1.06 bits per heavy atom. The van der Waals surface area contributed by atoms with Gasteiger partial charge in [0.25, 0.3) is 0 Å². The van der Waals surface area contributed by atoms with Gasteiger partial charge in [-0.05, 0) is 41.0 Å². The normalized spacial score (nSPS) is 20.7. The lowest BCUT2D eigenvalue weighted by Gasteiger charge is -2.39. The summed E-state index contributed by atoms with van der Waals surface area (Å²) in [5.41, 5.74) is 3.14. The van der Waals surface area contributed by atoms with Crippen LogP contribution in [0.25, 0.3) is 0 Å². The molecule has 2 atom stereocenters. The van der Waals surface area contributed by atoms with Crippen molar-refractivity contribution in [1.29, 1.82) is 0 Å². The lowest BCUT2D eigenvalue weighted by atomic mass is 9.85. The van der Waals surface area contributed by atoms with Crippen molar-refractivity contribution in [2.24, 2.45) is 0 Å². The van der Waals surface area contributed by atoms with E-state index < -0.39 is 12.1 Å². The Balaban J connectivity index is 0.00000245. The molecule has 0 amide bonds. The Labute approximate surface area is 200 Å². The number of hydrogen-bond acceptors (Lipinski definition) is 8. The van der Waals surface area contributed by atoms with Crippen molar-refractivity contribution in [2.45, 2.75) is 18.6 Å². The number of benzene rings is 2. The third-order valence-electron chi connectivity index (χ3n) is 6.15. The summed E-state index contributed by atoms with van der Waals surface area (Å²) in [5.74, 6) is 2.24. The van der Waals surface area contributed by atoms with Crippen LogP contribution in [0.1, 0.15) is 39.2 Å². The van der Waals surface area contributed by atoms with Gasteiger partial charge in [-0.3, -0.25) is 4.90 Å². The van der Waals surface area contributed by atoms with Crippen LogP contribution >= 0.6 is 28.3 Å². The van der Waals surface area contributed by atoms with E-state index in [2.05, 4.69) is 20.8 Å². The van der Waals surface area contributed by atoms with Crippen molar-refractivity contribution in [3.8, 4) is 28.7 Å². The highest BCUT2D eigenvalue weighted by Crippen LogP contribution is 2.57. The Morgan fingerprint density at radius 3 is 2.47 bits per heavy atom. The lowest BCUT2D eigenvalue weighted by molar-refractivity contribution is 0.00869. The molecule has 0 unspecified atom stereocenters. The van der Waals surface area contributed by atoms with Gasteiger partial charge in [0.1, 0.15) is 11.7 Å². The monoisotopic (exact) mass is 527 g/mol. The number of halogens is 2. The van der Waals surface area contributed by atoms with Gasteiger partial charge in [0.15, 0.2) is 23.0 Å². The van der Waals surface area contributed by atoms with E-state index in [1.165, 1.54) is 14.2 Å². The average Bonchev–Trinajstić information content (AvgIpc) is 3.39. The first-order valence-corrected chi connectivity index (χ1v) is 10.6. The van der Waals surface area contributed by atoms with E-state index in [-0.39, 0.29) is 25.2 Å². The van der Waals surface area contributed by atoms with Crippen molar-refractivity contribution in [1.82, 2.24) is 4.90 Å². The first-order chi connectivity index (χ1) is 15.0. The largest absolute Gasteiger partial charge is 0.493 e. The number of fused-ring (bicyclic) bond motifs is 3. The highest BCUT2D eigenvalue weighted by Gasteiger charge is 2.47. The highest BCUT2D eigenvalue weighted by molar-refractivity contribution is 9.10. The van der Waals surface area contributed by atoms with Gasteiger partial charge < -0.3 is 28.4 Å². The Morgan fingerprint density at radius 2 is 1.78 bits per heavy atom. The number of likely N-dealkylation sites (N-methyl/N-ethyl adjacent to an activating group) is 1. The molecule has 2 aromatic carbocycles. The van der Waals surface area contributed by atoms with Crippen LogP contribution in [0.3, 0.4) is 0 Å². The van der Waals surface area contributed by atoms with E-state index in [0.29, 0.717) is 34.3 Å². The summed E-state index contributed by atoms with van der Waals surface area (Å²) in [6.45, 7) is 0.904. The minimum atomic E-state index is -0.549. The summed E-state index contributed by atoms with van der Waals surface area (Å²) < 4.78 is 34.9. The number of ether oxygens (including phenoxy) is 6. The van der Waals surface area contributed by atoms with E-state index in [1.54, 1.807) is 13.2 Å². The zero-order valence-electron chi connectivity index (χ0n) is 18.0. The molecular weight excluding hydrogens is 506 g/mol. The third kappa shape index (κ3) is 3.09. The summed E-state index contributed by atoms with van der Waals surface area (Å²) in [6, 6.07) is 3.37. The molecule has 0 bridgehead atoms. The summed E-state index contributed by atoms with van der Waals surface area (Å²) in [5, 5.41) is 0. The fourth-order valence-corrected chi connectivity index (χ4v) is 5.48. The molecule has 2 aromatic rings. The van der Waals surface area contributed by atoms with Gasteiger partial charge in [0, 0.05) is 17.7 Å².